The van der Waals surface area contributed by atoms with E-state index in [0.717, 1.165) is 5.56 Å². The summed E-state index contributed by atoms with van der Waals surface area (Å²) < 4.78 is 23.8. The number of nitriles is 1. The second-order valence-corrected chi connectivity index (χ2v) is 7.07. The number of hydrogen-bond donors (Lipinski definition) is 0. The van der Waals surface area contributed by atoms with Gasteiger partial charge in [0.2, 0.25) is 0 Å². The summed E-state index contributed by atoms with van der Waals surface area (Å²) in [5.41, 5.74) is 0.996. The molecule has 0 saturated heterocycles. The molecule has 0 aromatic heterocycles. The second-order valence-electron chi connectivity index (χ2n) is 4.57. The summed E-state index contributed by atoms with van der Waals surface area (Å²) in [5.74, 6) is 0. The van der Waals surface area contributed by atoms with Crippen molar-refractivity contribution < 1.29 is 8.42 Å². The molecule has 1 aromatic carbocycles. The summed E-state index contributed by atoms with van der Waals surface area (Å²) in [7, 11) is -1.35. The van der Waals surface area contributed by atoms with Crippen molar-refractivity contribution in [3.8, 4) is 6.07 Å². The first-order chi connectivity index (χ1) is 8.37. The molecule has 0 spiro atoms. The minimum absolute atomic E-state index is 0.351. The van der Waals surface area contributed by atoms with E-state index in [9.17, 15) is 8.42 Å². The van der Waals surface area contributed by atoms with Gasteiger partial charge in [0.05, 0.1) is 22.8 Å². The van der Waals surface area contributed by atoms with Gasteiger partial charge in [0.25, 0.3) is 0 Å². The van der Waals surface area contributed by atoms with E-state index in [2.05, 4.69) is 6.07 Å². The first kappa shape index (κ1) is 14.7. The Morgan fingerprint density at radius 1 is 1.28 bits per heavy atom. The molecule has 98 valence electrons. The van der Waals surface area contributed by atoms with E-state index in [4.69, 9.17) is 5.26 Å². The van der Waals surface area contributed by atoms with Crippen molar-refractivity contribution in [1.29, 1.82) is 5.26 Å². The summed E-state index contributed by atoms with van der Waals surface area (Å²) in [6.45, 7) is 4.33. The highest BCUT2D eigenvalue weighted by atomic mass is 32.2. The average molecular weight is 266 g/mol. The molecule has 1 aromatic rings. The van der Waals surface area contributed by atoms with Crippen LogP contribution in [0.1, 0.15) is 19.4 Å². The Hall–Kier alpha value is -1.38. The van der Waals surface area contributed by atoms with Crippen LogP contribution in [0.3, 0.4) is 0 Å². The molecular weight excluding hydrogens is 248 g/mol. The third-order valence-corrected chi connectivity index (χ3v) is 4.84. The quantitative estimate of drug-likeness (QED) is 0.763. The van der Waals surface area contributed by atoms with Crippen molar-refractivity contribution in [1.82, 2.24) is 4.90 Å². The fourth-order valence-corrected chi connectivity index (χ4v) is 2.60. The predicted molar refractivity (Wildman–Crippen MR) is 70.7 cm³/mol. The van der Waals surface area contributed by atoms with Crippen LogP contribution in [-0.4, -0.2) is 32.2 Å². The van der Waals surface area contributed by atoms with Crippen LogP contribution in [-0.2, 0) is 16.4 Å². The zero-order valence-electron chi connectivity index (χ0n) is 10.9. The van der Waals surface area contributed by atoms with Gasteiger partial charge >= 0.3 is 0 Å². The fourth-order valence-electron chi connectivity index (χ4n) is 1.54. The topological polar surface area (TPSA) is 61.2 Å². The van der Waals surface area contributed by atoms with Crippen molar-refractivity contribution in [3.63, 3.8) is 0 Å². The highest BCUT2D eigenvalue weighted by Crippen LogP contribution is 2.16. The van der Waals surface area contributed by atoms with E-state index in [1.807, 2.05) is 11.9 Å². The van der Waals surface area contributed by atoms with Crippen LogP contribution in [0.2, 0.25) is 0 Å². The van der Waals surface area contributed by atoms with Gasteiger partial charge in [-0.25, -0.2) is 8.42 Å². The first-order valence-electron chi connectivity index (χ1n) is 5.76. The molecule has 4 nitrogen and oxygen atoms in total. The lowest BCUT2D eigenvalue weighted by molar-refractivity contribution is 0.367. The largest absolute Gasteiger partial charge is 0.289 e. The molecule has 0 heterocycles. The van der Waals surface area contributed by atoms with Gasteiger partial charge in [-0.15, -0.1) is 0 Å². The van der Waals surface area contributed by atoms with Gasteiger partial charge in [-0.2, -0.15) is 5.26 Å². The summed E-state index contributed by atoms with van der Waals surface area (Å²) in [6, 6.07) is 8.92. The van der Waals surface area contributed by atoms with E-state index in [1.165, 1.54) is 0 Å². The standard InChI is InChI=1S/C13H18N2O2S/c1-11(2)18(16,17)13-6-4-12(5-7-13)10-15(3)9-8-14/h4-7,11H,9-10H2,1-3H3. The Balaban J connectivity index is 2.85. The average Bonchev–Trinajstić information content (AvgIpc) is 2.29. The molecule has 0 amide bonds. The Labute approximate surface area is 109 Å². The van der Waals surface area contributed by atoms with E-state index in [-0.39, 0.29) is 0 Å². The van der Waals surface area contributed by atoms with Crippen LogP contribution in [0.5, 0.6) is 0 Å². The Bertz CT molecular complexity index is 527. The number of nitrogens with zero attached hydrogens (tertiary/aromatic N) is 2. The zero-order chi connectivity index (χ0) is 13.8. The maximum Gasteiger partial charge on any atom is 0.180 e. The van der Waals surface area contributed by atoms with Gasteiger partial charge < -0.3 is 0 Å². The molecule has 0 radical (unpaired) electrons. The van der Waals surface area contributed by atoms with Crippen LogP contribution in [0.15, 0.2) is 29.2 Å². The summed E-state index contributed by atoms with van der Waals surface area (Å²) in [5, 5.41) is 8.14. The van der Waals surface area contributed by atoms with E-state index in [1.54, 1.807) is 38.1 Å². The third-order valence-electron chi connectivity index (χ3n) is 2.67. The van der Waals surface area contributed by atoms with Crippen LogP contribution >= 0.6 is 0 Å². The molecule has 18 heavy (non-hydrogen) atoms. The number of benzene rings is 1. The number of rotatable bonds is 5. The molecule has 0 fully saturated rings. The minimum atomic E-state index is -3.20. The number of sulfone groups is 1. The van der Waals surface area contributed by atoms with Crippen molar-refractivity contribution in [3.05, 3.63) is 29.8 Å². The molecule has 0 N–H and O–H groups in total. The van der Waals surface area contributed by atoms with Crippen molar-refractivity contribution in [2.24, 2.45) is 0 Å². The molecule has 0 aliphatic carbocycles. The Morgan fingerprint density at radius 2 is 1.83 bits per heavy atom. The predicted octanol–water partition coefficient (Wildman–Crippen LogP) is 1.82. The zero-order valence-corrected chi connectivity index (χ0v) is 11.7. The summed E-state index contributed by atoms with van der Waals surface area (Å²) in [4.78, 5) is 2.22. The second kappa shape index (κ2) is 5.98. The van der Waals surface area contributed by atoms with Gasteiger partial charge in [-0.1, -0.05) is 12.1 Å². The Kier molecular flexibility index (Phi) is 4.88. The third kappa shape index (κ3) is 3.56. The molecule has 0 unspecified atom stereocenters. The van der Waals surface area contributed by atoms with Gasteiger partial charge in [0.15, 0.2) is 9.84 Å². The van der Waals surface area contributed by atoms with Gasteiger partial charge in [0, 0.05) is 6.54 Å². The SMILES string of the molecule is CC(C)S(=O)(=O)c1ccc(CN(C)CC#N)cc1. The van der Waals surface area contributed by atoms with Crippen molar-refractivity contribution >= 4 is 9.84 Å². The lowest BCUT2D eigenvalue weighted by Gasteiger charge is -2.13. The lowest BCUT2D eigenvalue weighted by atomic mass is 10.2. The highest BCUT2D eigenvalue weighted by molar-refractivity contribution is 7.92. The van der Waals surface area contributed by atoms with Gasteiger partial charge in [-0.05, 0) is 38.6 Å². The van der Waals surface area contributed by atoms with Gasteiger partial charge in [0.1, 0.15) is 0 Å². The molecule has 0 aliphatic rings. The maximum atomic E-state index is 11.9. The maximum absolute atomic E-state index is 11.9. The van der Waals surface area contributed by atoms with Crippen LogP contribution in [0.4, 0.5) is 0 Å². The van der Waals surface area contributed by atoms with Gasteiger partial charge in [-0.3, -0.25) is 4.90 Å². The minimum Gasteiger partial charge on any atom is -0.289 e. The molecule has 1 rings (SSSR count). The van der Waals surface area contributed by atoms with Crippen LogP contribution in [0.25, 0.3) is 0 Å². The molecule has 0 saturated carbocycles. The van der Waals surface area contributed by atoms with E-state index < -0.39 is 15.1 Å². The molecule has 0 bridgehead atoms. The van der Waals surface area contributed by atoms with Crippen LogP contribution in [0, 0.1) is 11.3 Å². The molecular formula is C13H18N2O2S. The summed E-state index contributed by atoms with van der Waals surface area (Å²) in [6.07, 6.45) is 0. The fraction of sp³-hybridized carbons (Fsp3) is 0.462. The van der Waals surface area contributed by atoms with E-state index >= 15 is 0 Å². The lowest BCUT2D eigenvalue weighted by Crippen LogP contribution is -2.18. The Morgan fingerprint density at radius 3 is 2.28 bits per heavy atom. The molecule has 0 atom stereocenters. The molecule has 0 aliphatic heterocycles. The van der Waals surface area contributed by atoms with Crippen molar-refractivity contribution in [2.45, 2.75) is 30.5 Å². The summed E-state index contributed by atoms with van der Waals surface area (Å²) >= 11 is 0. The smallest absolute Gasteiger partial charge is 0.180 e. The monoisotopic (exact) mass is 266 g/mol. The van der Waals surface area contributed by atoms with E-state index in [0.29, 0.717) is 18.0 Å². The first-order valence-corrected chi connectivity index (χ1v) is 7.31. The normalized spacial score (nSPS) is 11.8. The number of hydrogen-bond acceptors (Lipinski definition) is 4. The van der Waals surface area contributed by atoms with Crippen LogP contribution < -0.4 is 0 Å². The molecule has 5 heteroatoms. The van der Waals surface area contributed by atoms with Crippen molar-refractivity contribution in [2.75, 3.05) is 13.6 Å². The highest BCUT2D eigenvalue weighted by Gasteiger charge is 2.18.